The lowest BCUT2D eigenvalue weighted by molar-refractivity contribution is -0.139. The minimum Gasteiger partial charge on any atom is -0.497 e. The van der Waals surface area contributed by atoms with Gasteiger partial charge in [0.05, 0.1) is 17.7 Å². The third kappa shape index (κ3) is 8.61. The molecule has 0 aliphatic heterocycles. The van der Waals surface area contributed by atoms with Crippen molar-refractivity contribution in [2.24, 2.45) is 0 Å². The number of rotatable bonds is 13. The fourth-order valence-electron chi connectivity index (χ4n) is 4.14. The second kappa shape index (κ2) is 14.6. The third-order valence-electron chi connectivity index (χ3n) is 6.51. The monoisotopic (exact) mass is 619 g/mol. The zero-order valence-electron chi connectivity index (χ0n) is 23.6. The van der Waals surface area contributed by atoms with Gasteiger partial charge in [0, 0.05) is 23.1 Å². The second-order valence-electron chi connectivity index (χ2n) is 9.65. The second-order valence-corrected chi connectivity index (χ2v) is 12.4. The number of hydrogen-bond donors (Lipinski definition) is 1. The molecule has 220 valence electrons. The van der Waals surface area contributed by atoms with E-state index in [2.05, 4.69) is 5.32 Å². The number of carbonyl (C=O) groups excluding carboxylic acids is 2. The van der Waals surface area contributed by atoms with Crippen LogP contribution < -0.4 is 14.4 Å². The number of benzene rings is 3. The molecule has 0 aromatic heterocycles. The standard InChI is InChI=1S/C30H35Cl2N3O5S/c1-5-6-14-33-30(37)22(3)34(19-23-8-7-9-27(15-23)40-4)29(36)20-35(26-17-24(31)16-25(32)18-26)41(38,39)28-12-10-21(2)11-13-28/h7-13,15-18,22H,5-6,14,19-20H2,1-4H3,(H,33,37)/t22-/m0/s1. The summed E-state index contributed by atoms with van der Waals surface area (Å²) < 4.78 is 34.1. The fraction of sp³-hybridized carbons (Fsp3) is 0.333. The molecule has 0 radical (unpaired) electrons. The first-order valence-electron chi connectivity index (χ1n) is 13.2. The van der Waals surface area contributed by atoms with Crippen LogP contribution in [0, 0.1) is 6.92 Å². The van der Waals surface area contributed by atoms with Crippen molar-refractivity contribution in [1.82, 2.24) is 10.2 Å². The van der Waals surface area contributed by atoms with Gasteiger partial charge in [-0.1, -0.05) is 66.4 Å². The van der Waals surface area contributed by atoms with E-state index in [4.69, 9.17) is 27.9 Å². The van der Waals surface area contributed by atoms with E-state index in [1.54, 1.807) is 37.3 Å². The van der Waals surface area contributed by atoms with Crippen LogP contribution in [0.4, 0.5) is 5.69 Å². The van der Waals surface area contributed by atoms with Gasteiger partial charge in [-0.25, -0.2) is 8.42 Å². The van der Waals surface area contributed by atoms with E-state index in [1.165, 1.54) is 42.3 Å². The minimum atomic E-state index is -4.23. The molecule has 0 fully saturated rings. The highest BCUT2D eigenvalue weighted by Crippen LogP contribution is 2.30. The molecule has 0 spiro atoms. The van der Waals surface area contributed by atoms with Gasteiger partial charge in [-0.15, -0.1) is 0 Å². The number of nitrogens with one attached hydrogen (secondary N) is 1. The highest BCUT2D eigenvalue weighted by Gasteiger charge is 2.33. The Balaban J connectivity index is 2.04. The van der Waals surface area contributed by atoms with E-state index in [9.17, 15) is 18.0 Å². The summed E-state index contributed by atoms with van der Waals surface area (Å²) >= 11 is 12.5. The molecule has 0 aliphatic carbocycles. The SMILES string of the molecule is CCCCNC(=O)[C@H](C)N(Cc1cccc(OC)c1)C(=O)CN(c1cc(Cl)cc(Cl)c1)S(=O)(=O)c1ccc(C)cc1. The molecule has 1 atom stereocenters. The lowest BCUT2D eigenvalue weighted by Gasteiger charge is -2.32. The van der Waals surface area contributed by atoms with Crippen LogP contribution in [0.1, 0.15) is 37.8 Å². The number of sulfonamides is 1. The van der Waals surface area contributed by atoms with E-state index < -0.39 is 28.5 Å². The molecule has 0 unspecified atom stereocenters. The summed E-state index contributed by atoms with van der Waals surface area (Å²) in [4.78, 5) is 28.4. The maximum atomic E-state index is 14.0. The molecule has 1 N–H and O–H groups in total. The van der Waals surface area contributed by atoms with Crippen LogP contribution >= 0.6 is 23.2 Å². The van der Waals surface area contributed by atoms with Crippen molar-refractivity contribution in [2.75, 3.05) is 24.5 Å². The van der Waals surface area contributed by atoms with Gasteiger partial charge in [-0.3, -0.25) is 13.9 Å². The molecule has 0 aliphatic rings. The van der Waals surface area contributed by atoms with Crippen LogP contribution in [-0.2, 0) is 26.2 Å². The maximum absolute atomic E-state index is 14.0. The molecule has 0 heterocycles. The zero-order chi connectivity index (χ0) is 30.2. The molecule has 3 aromatic rings. The van der Waals surface area contributed by atoms with Crippen LogP contribution in [-0.4, -0.2) is 51.4 Å². The molecule has 3 rings (SSSR count). The Morgan fingerprint density at radius 2 is 1.66 bits per heavy atom. The Hall–Kier alpha value is -3.27. The molecule has 41 heavy (non-hydrogen) atoms. The summed E-state index contributed by atoms with van der Waals surface area (Å²) in [6, 6.07) is 16.9. The van der Waals surface area contributed by atoms with Crippen molar-refractivity contribution in [3.05, 3.63) is 87.9 Å². The average Bonchev–Trinajstić information content (AvgIpc) is 2.93. The molecule has 8 nitrogen and oxygen atoms in total. The van der Waals surface area contributed by atoms with Gasteiger partial charge in [0.25, 0.3) is 10.0 Å². The van der Waals surface area contributed by atoms with E-state index in [1.807, 2.05) is 19.9 Å². The summed E-state index contributed by atoms with van der Waals surface area (Å²) in [5.41, 5.74) is 1.72. The maximum Gasteiger partial charge on any atom is 0.264 e. The lowest BCUT2D eigenvalue weighted by atomic mass is 10.1. The van der Waals surface area contributed by atoms with Crippen LogP contribution in [0.2, 0.25) is 10.0 Å². The zero-order valence-corrected chi connectivity index (χ0v) is 25.9. The van der Waals surface area contributed by atoms with Gasteiger partial charge < -0.3 is 15.0 Å². The van der Waals surface area contributed by atoms with Gasteiger partial charge in [0.1, 0.15) is 18.3 Å². The molecule has 0 bridgehead atoms. The summed E-state index contributed by atoms with van der Waals surface area (Å²) in [5.74, 6) is -0.335. The van der Waals surface area contributed by atoms with Gasteiger partial charge in [-0.05, 0) is 68.3 Å². The van der Waals surface area contributed by atoms with Crippen LogP contribution in [0.5, 0.6) is 5.75 Å². The first-order chi connectivity index (χ1) is 19.5. The Kier molecular flexibility index (Phi) is 11.5. The molecule has 0 saturated carbocycles. The summed E-state index contributed by atoms with van der Waals surface area (Å²) in [6.45, 7) is 5.40. The first-order valence-corrected chi connectivity index (χ1v) is 15.4. The van der Waals surface area contributed by atoms with Crippen LogP contribution in [0.25, 0.3) is 0 Å². The molecule has 0 saturated heterocycles. The lowest BCUT2D eigenvalue weighted by Crippen LogP contribution is -2.51. The topological polar surface area (TPSA) is 96.0 Å². The van der Waals surface area contributed by atoms with E-state index >= 15 is 0 Å². The van der Waals surface area contributed by atoms with E-state index in [-0.39, 0.29) is 33.1 Å². The van der Waals surface area contributed by atoms with Crippen molar-refractivity contribution in [3.8, 4) is 5.75 Å². The largest absolute Gasteiger partial charge is 0.497 e. The van der Waals surface area contributed by atoms with Crippen molar-refractivity contribution in [2.45, 2.75) is 51.1 Å². The average molecular weight is 621 g/mol. The number of aryl methyl sites for hydroxylation is 1. The van der Waals surface area contributed by atoms with Crippen molar-refractivity contribution >= 4 is 50.7 Å². The Labute approximate surface area is 252 Å². The van der Waals surface area contributed by atoms with Gasteiger partial charge in [0.15, 0.2) is 0 Å². The molecular weight excluding hydrogens is 585 g/mol. The van der Waals surface area contributed by atoms with Gasteiger partial charge in [0.2, 0.25) is 11.8 Å². The number of nitrogens with zero attached hydrogens (tertiary/aromatic N) is 2. The van der Waals surface area contributed by atoms with Gasteiger partial charge >= 0.3 is 0 Å². The Morgan fingerprint density at radius 1 is 1.00 bits per heavy atom. The molecule has 3 aromatic carbocycles. The summed E-state index contributed by atoms with van der Waals surface area (Å²) in [7, 11) is -2.69. The number of ether oxygens (including phenoxy) is 1. The van der Waals surface area contributed by atoms with Crippen LogP contribution in [0.15, 0.2) is 71.6 Å². The fourth-order valence-corrected chi connectivity index (χ4v) is 6.05. The Morgan fingerprint density at radius 3 is 2.27 bits per heavy atom. The number of halogens is 2. The highest BCUT2D eigenvalue weighted by molar-refractivity contribution is 7.92. The highest BCUT2D eigenvalue weighted by atomic mass is 35.5. The van der Waals surface area contributed by atoms with E-state index in [0.717, 1.165) is 22.7 Å². The third-order valence-corrected chi connectivity index (χ3v) is 8.73. The Bertz CT molecular complexity index is 1440. The quantitative estimate of drug-likeness (QED) is 0.243. The number of methoxy groups -OCH3 is 1. The first kappa shape index (κ1) is 32.2. The number of hydrogen-bond acceptors (Lipinski definition) is 5. The number of amides is 2. The van der Waals surface area contributed by atoms with Crippen LogP contribution in [0.3, 0.4) is 0 Å². The minimum absolute atomic E-state index is 0.00305. The number of anilines is 1. The summed E-state index contributed by atoms with van der Waals surface area (Å²) in [5, 5.41) is 3.28. The smallest absolute Gasteiger partial charge is 0.264 e. The molecule has 2 amide bonds. The van der Waals surface area contributed by atoms with Crippen molar-refractivity contribution in [3.63, 3.8) is 0 Å². The van der Waals surface area contributed by atoms with Gasteiger partial charge in [-0.2, -0.15) is 0 Å². The number of unbranched alkanes of at least 4 members (excludes halogenated alkanes) is 1. The normalized spacial score (nSPS) is 12.0. The predicted molar refractivity (Wildman–Crippen MR) is 163 cm³/mol. The molecule has 11 heteroatoms. The van der Waals surface area contributed by atoms with Crippen molar-refractivity contribution in [1.29, 1.82) is 0 Å². The van der Waals surface area contributed by atoms with Crippen molar-refractivity contribution < 1.29 is 22.7 Å². The van der Waals surface area contributed by atoms with E-state index in [0.29, 0.717) is 17.9 Å². The predicted octanol–water partition coefficient (Wildman–Crippen LogP) is 5.84. The molecular formula is C30H35Cl2N3O5S. The number of carbonyl (C=O) groups is 2. The summed E-state index contributed by atoms with van der Waals surface area (Å²) in [6.07, 6.45) is 1.69.